The molecule has 1 amide bonds. The summed E-state index contributed by atoms with van der Waals surface area (Å²) in [6, 6.07) is 16.8. The number of benzene rings is 3. The number of aromatic nitrogens is 1. The van der Waals surface area contributed by atoms with Crippen molar-refractivity contribution >= 4 is 38.6 Å². The second kappa shape index (κ2) is 7.72. The number of oxazole rings is 1. The van der Waals surface area contributed by atoms with Crippen molar-refractivity contribution in [3.63, 3.8) is 0 Å². The molecule has 0 atom stereocenters. The van der Waals surface area contributed by atoms with Crippen molar-refractivity contribution in [1.29, 1.82) is 0 Å². The van der Waals surface area contributed by atoms with Crippen molar-refractivity contribution in [3.8, 4) is 17.2 Å². The van der Waals surface area contributed by atoms with E-state index in [1.807, 2.05) is 31.2 Å². The van der Waals surface area contributed by atoms with E-state index in [4.69, 9.17) is 9.15 Å². The second-order valence-corrected chi connectivity index (χ2v) is 7.73. The summed E-state index contributed by atoms with van der Waals surface area (Å²) in [5.41, 5.74) is 5.67. The number of amides is 1. The molecule has 29 heavy (non-hydrogen) atoms. The molecule has 3 aromatic carbocycles. The first kappa shape index (κ1) is 19.2. The van der Waals surface area contributed by atoms with Crippen LogP contribution in [0.3, 0.4) is 0 Å². The molecule has 0 saturated heterocycles. The smallest absolute Gasteiger partial charge is 0.259 e. The van der Waals surface area contributed by atoms with Crippen molar-refractivity contribution in [2.75, 3.05) is 12.4 Å². The molecular formula is C23H19BrN2O3. The van der Waals surface area contributed by atoms with Gasteiger partial charge >= 0.3 is 0 Å². The van der Waals surface area contributed by atoms with E-state index >= 15 is 0 Å². The Kier molecular flexibility index (Phi) is 5.11. The van der Waals surface area contributed by atoms with Gasteiger partial charge in [0.2, 0.25) is 5.89 Å². The third-order valence-corrected chi connectivity index (χ3v) is 5.16. The Morgan fingerprint density at radius 3 is 2.66 bits per heavy atom. The van der Waals surface area contributed by atoms with Gasteiger partial charge in [0.1, 0.15) is 11.3 Å². The van der Waals surface area contributed by atoms with Gasteiger partial charge in [-0.3, -0.25) is 4.79 Å². The molecule has 4 aromatic rings. The molecule has 146 valence electrons. The standard InChI is InChI=1S/C23H19BrN2O3/c1-13-4-7-17(14(2)10-13)23-26-19-12-16(6-9-21(19)29-23)25-22(27)18-11-15(24)5-8-20(18)28-3/h4-12H,1-3H3,(H,25,27). The number of carbonyl (C=O) groups is 1. The Morgan fingerprint density at radius 2 is 1.90 bits per heavy atom. The van der Waals surface area contributed by atoms with Gasteiger partial charge in [-0.05, 0) is 61.9 Å². The van der Waals surface area contributed by atoms with Crippen LogP contribution in [0, 0.1) is 13.8 Å². The summed E-state index contributed by atoms with van der Waals surface area (Å²) in [5, 5.41) is 2.90. The topological polar surface area (TPSA) is 64.4 Å². The van der Waals surface area contributed by atoms with Crippen molar-refractivity contribution in [3.05, 3.63) is 75.8 Å². The number of halogens is 1. The van der Waals surface area contributed by atoms with Crippen molar-refractivity contribution in [1.82, 2.24) is 4.98 Å². The minimum absolute atomic E-state index is 0.263. The van der Waals surface area contributed by atoms with Crippen LogP contribution < -0.4 is 10.1 Å². The second-order valence-electron chi connectivity index (χ2n) is 6.82. The van der Waals surface area contributed by atoms with Crippen molar-refractivity contribution in [2.24, 2.45) is 0 Å². The summed E-state index contributed by atoms with van der Waals surface area (Å²) in [4.78, 5) is 17.3. The number of anilines is 1. The highest BCUT2D eigenvalue weighted by Crippen LogP contribution is 2.29. The van der Waals surface area contributed by atoms with Gasteiger partial charge in [-0.15, -0.1) is 0 Å². The lowest BCUT2D eigenvalue weighted by Gasteiger charge is -2.09. The molecule has 0 aliphatic rings. The average molecular weight is 451 g/mol. The molecule has 0 fully saturated rings. The highest BCUT2D eigenvalue weighted by Gasteiger charge is 2.15. The van der Waals surface area contributed by atoms with E-state index in [2.05, 4.69) is 39.2 Å². The van der Waals surface area contributed by atoms with Gasteiger partial charge in [0, 0.05) is 15.7 Å². The summed E-state index contributed by atoms with van der Waals surface area (Å²) in [6.07, 6.45) is 0. The van der Waals surface area contributed by atoms with Crippen LogP contribution in [-0.2, 0) is 0 Å². The van der Waals surface area contributed by atoms with Gasteiger partial charge in [-0.25, -0.2) is 4.98 Å². The molecule has 0 aliphatic carbocycles. The summed E-state index contributed by atoms with van der Waals surface area (Å²) in [5.74, 6) is 0.806. The minimum atomic E-state index is -0.263. The molecule has 0 bridgehead atoms. The predicted molar refractivity (Wildman–Crippen MR) is 118 cm³/mol. The van der Waals surface area contributed by atoms with E-state index in [1.165, 1.54) is 12.7 Å². The van der Waals surface area contributed by atoms with Gasteiger partial charge in [0.15, 0.2) is 5.58 Å². The van der Waals surface area contributed by atoms with Crippen LogP contribution in [0.1, 0.15) is 21.5 Å². The lowest BCUT2D eigenvalue weighted by molar-refractivity contribution is 0.102. The van der Waals surface area contributed by atoms with E-state index in [1.54, 1.807) is 24.3 Å². The van der Waals surface area contributed by atoms with Crippen LogP contribution in [-0.4, -0.2) is 18.0 Å². The number of ether oxygens (including phenoxy) is 1. The Bertz CT molecular complexity index is 1230. The Balaban J connectivity index is 1.64. The van der Waals surface area contributed by atoms with Gasteiger partial charge in [0.25, 0.3) is 5.91 Å². The first-order valence-electron chi connectivity index (χ1n) is 9.08. The molecule has 4 rings (SSSR count). The quantitative estimate of drug-likeness (QED) is 0.405. The number of nitrogens with one attached hydrogen (secondary N) is 1. The number of carbonyl (C=O) groups excluding carboxylic acids is 1. The van der Waals surface area contributed by atoms with Crippen LogP contribution in [0.5, 0.6) is 5.75 Å². The van der Waals surface area contributed by atoms with Crippen LogP contribution in [0.4, 0.5) is 5.69 Å². The number of rotatable bonds is 4. The molecule has 6 heteroatoms. The fourth-order valence-electron chi connectivity index (χ4n) is 3.23. The molecular weight excluding hydrogens is 432 g/mol. The van der Waals surface area contributed by atoms with Crippen LogP contribution in [0.15, 0.2) is 63.5 Å². The fraction of sp³-hybridized carbons (Fsp3) is 0.130. The zero-order valence-corrected chi connectivity index (χ0v) is 17.8. The molecule has 0 unspecified atom stereocenters. The number of fused-ring (bicyclic) bond motifs is 1. The maximum absolute atomic E-state index is 12.7. The number of hydrogen-bond donors (Lipinski definition) is 1. The Morgan fingerprint density at radius 1 is 1.07 bits per heavy atom. The highest BCUT2D eigenvalue weighted by atomic mass is 79.9. The molecule has 0 spiro atoms. The van der Waals surface area contributed by atoms with Gasteiger partial charge in [-0.2, -0.15) is 0 Å². The fourth-order valence-corrected chi connectivity index (χ4v) is 3.59. The lowest BCUT2D eigenvalue weighted by Crippen LogP contribution is -2.13. The van der Waals surface area contributed by atoms with Gasteiger partial charge < -0.3 is 14.5 Å². The third kappa shape index (κ3) is 3.89. The van der Waals surface area contributed by atoms with E-state index in [9.17, 15) is 4.79 Å². The van der Waals surface area contributed by atoms with Crippen LogP contribution in [0.2, 0.25) is 0 Å². The Hall–Kier alpha value is -3.12. The summed E-state index contributed by atoms with van der Waals surface area (Å²) >= 11 is 3.39. The highest BCUT2D eigenvalue weighted by molar-refractivity contribution is 9.10. The molecule has 0 radical (unpaired) electrons. The first-order chi connectivity index (χ1) is 13.9. The molecule has 0 saturated carbocycles. The molecule has 1 heterocycles. The summed E-state index contributed by atoms with van der Waals surface area (Å²) in [6.45, 7) is 4.09. The minimum Gasteiger partial charge on any atom is -0.496 e. The van der Waals surface area contributed by atoms with Crippen LogP contribution >= 0.6 is 15.9 Å². The third-order valence-electron chi connectivity index (χ3n) is 4.66. The van der Waals surface area contributed by atoms with Crippen molar-refractivity contribution in [2.45, 2.75) is 13.8 Å². The number of nitrogens with zero attached hydrogens (tertiary/aromatic N) is 1. The number of methoxy groups -OCH3 is 1. The maximum atomic E-state index is 12.7. The molecule has 0 aliphatic heterocycles. The van der Waals surface area contributed by atoms with E-state index < -0.39 is 0 Å². The maximum Gasteiger partial charge on any atom is 0.259 e. The number of hydrogen-bond acceptors (Lipinski definition) is 4. The average Bonchev–Trinajstić information content (AvgIpc) is 3.10. The summed E-state index contributed by atoms with van der Waals surface area (Å²) in [7, 11) is 1.54. The van der Waals surface area contributed by atoms with Crippen molar-refractivity contribution < 1.29 is 13.9 Å². The zero-order valence-electron chi connectivity index (χ0n) is 16.2. The predicted octanol–water partition coefficient (Wildman–Crippen LogP) is 6.14. The zero-order chi connectivity index (χ0) is 20.5. The normalized spacial score (nSPS) is 10.9. The monoisotopic (exact) mass is 450 g/mol. The van der Waals surface area contributed by atoms with E-state index in [-0.39, 0.29) is 5.91 Å². The first-order valence-corrected chi connectivity index (χ1v) is 9.87. The SMILES string of the molecule is COc1ccc(Br)cc1C(=O)Nc1ccc2oc(-c3ccc(C)cc3C)nc2c1. The summed E-state index contributed by atoms with van der Waals surface area (Å²) < 4.78 is 12.0. The molecule has 1 aromatic heterocycles. The molecule has 1 N–H and O–H groups in total. The molecule has 5 nitrogen and oxygen atoms in total. The Labute approximate surface area is 176 Å². The van der Waals surface area contributed by atoms with Gasteiger partial charge in [-0.1, -0.05) is 33.6 Å². The number of aryl methyl sites for hydroxylation is 2. The lowest BCUT2D eigenvalue weighted by atomic mass is 10.1. The largest absolute Gasteiger partial charge is 0.496 e. The van der Waals surface area contributed by atoms with Crippen LogP contribution in [0.25, 0.3) is 22.6 Å². The van der Waals surface area contributed by atoms with E-state index in [0.29, 0.717) is 34.0 Å². The van der Waals surface area contributed by atoms with E-state index in [0.717, 1.165) is 15.6 Å². The van der Waals surface area contributed by atoms with Gasteiger partial charge in [0.05, 0.1) is 12.7 Å².